The van der Waals surface area contributed by atoms with E-state index in [1.165, 1.54) is 7.11 Å². The molecule has 1 heterocycles. The lowest BCUT2D eigenvalue weighted by molar-refractivity contribution is -0.486. The zero-order chi connectivity index (χ0) is 20.0. The maximum atomic E-state index is 12.1. The lowest BCUT2D eigenvalue weighted by Crippen LogP contribution is -2.32. The second kappa shape index (κ2) is 8.79. The number of hydrogen-bond donors (Lipinski definition) is 2. The standard InChI is InChI=1S/C17H21N5O5/c1-27-16(24)12-7-5-11(6-8-12)3-2-4-13(10-21(25)26)22-15(23)9-14(18)20-17(22)19/h5-9,13H,2-4,10,18H2,1H3,(H2,19,20). The van der Waals surface area contributed by atoms with E-state index in [0.29, 0.717) is 24.8 Å². The van der Waals surface area contributed by atoms with Gasteiger partial charge in [-0.25, -0.2) is 4.79 Å². The van der Waals surface area contributed by atoms with Crippen LogP contribution in [0.1, 0.15) is 34.8 Å². The van der Waals surface area contributed by atoms with Crippen molar-refractivity contribution >= 4 is 17.7 Å². The lowest BCUT2D eigenvalue weighted by atomic mass is 10.0. The molecule has 1 unspecified atom stereocenters. The third-order valence-corrected chi connectivity index (χ3v) is 4.10. The highest BCUT2D eigenvalue weighted by atomic mass is 16.6. The van der Waals surface area contributed by atoms with Gasteiger partial charge in [0.25, 0.3) is 5.56 Å². The van der Waals surface area contributed by atoms with Gasteiger partial charge >= 0.3 is 5.97 Å². The first kappa shape index (κ1) is 19.9. The molecular weight excluding hydrogens is 354 g/mol. The number of carbonyl (C=O) groups excluding carboxylic acids is 1. The van der Waals surface area contributed by atoms with Gasteiger partial charge in [0.1, 0.15) is 11.9 Å². The number of nitro groups is 1. The first-order valence-corrected chi connectivity index (χ1v) is 8.25. The van der Waals surface area contributed by atoms with Crippen LogP contribution < -0.4 is 17.0 Å². The zero-order valence-electron chi connectivity index (χ0n) is 14.8. The molecule has 2 aromatic rings. The van der Waals surface area contributed by atoms with E-state index in [-0.39, 0.29) is 11.8 Å². The van der Waals surface area contributed by atoms with E-state index in [1.807, 2.05) is 0 Å². The van der Waals surface area contributed by atoms with Crippen molar-refractivity contribution in [3.63, 3.8) is 0 Å². The maximum absolute atomic E-state index is 12.1. The van der Waals surface area contributed by atoms with Crippen LogP contribution in [-0.2, 0) is 11.2 Å². The summed E-state index contributed by atoms with van der Waals surface area (Å²) in [5.74, 6) is -0.591. The van der Waals surface area contributed by atoms with Crippen LogP contribution in [0.15, 0.2) is 35.1 Å². The summed E-state index contributed by atoms with van der Waals surface area (Å²) in [6.07, 6.45) is 1.55. The summed E-state index contributed by atoms with van der Waals surface area (Å²) in [4.78, 5) is 37.9. The molecule has 0 bridgehead atoms. The summed E-state index contributed by atoms with van der Waals surface area (Å²) in [5, 5.41) is 11.0. The van der Waals surface area contributed by atoms with Gasteiger partial charge in [-0.05, 0) is 37.0 Å². The molecule has 0 saturated carbocycles. The number of methoxy groups -OCH3 is 1. The molecule has 2 rings (SSSR count). The Kier molecular flexibility index (Phi) is 6.47. The topological polar surface area (TPSA) is 156 Å². The SMILES string of the molecule is COC(=O)c1ccc(CCCC(C[N+](=O)[O-])n2c(N)nc(N)cc2=O)cc1. The van der Waals surface area contributed by atoms with Crippen molar-refractivity contribution in [3.05, 3.63) is 61.9 Å². The third kappa shape index (κ3) is 5.27. The van der Waals surface area contributed by atoms with Gasteiger partial charge in [-0.2, -0.15) is 4.98 Å². The number of benzene rings is 1. The average molecular weight is 375 g/mol. The van der Waals surface area contributed by atoms with Gasteiger partial charge < -0.3 is 16.2 Å². The molecule has 0 saturated heterocycles. The van der Waals surface area contributed by atoms with Gasteiger partial charge in [0.05, 0.1) is 12.7 Å². The molecule has 1 aromatic carbocycles. The minimum absolute atomic E-state index is 0.0284. The minimum atomic E-state index is -0.727. The Labute approximate surface area is 154 Å². The van der Waals surface area contributed by atoms with Crippen LogP contribution in [0.4, 0.5) is 11.8 Å². The zero-order valence-corrected chi connectivity index (χ0v) is 14.8. The van der Waals surface area contributed by atoms with Crippen LogP contribution in [-0.4, -0.2) is 34.1 Å². The maximum Gasteiger partial charge on any atom is 0.337 e. The third-order valence-electron chi connectivity index (χ3n) is 4.10. The van der Waals surface area contributed by atoms with E-state index in [1.54, 1.807) is 24.3 Å². The number of rotatable bonds is 8. The highest BCUT2D eigenvalue weighted by molar-refractivity contribution is 5.89. The first-order chi connectivity index (χ1) is 12.8. The summed E-state index contributed by atoms with van der Waals surface area (Å²) in [6.45, 7) is -0.447. The molecule has 1 aromatic heterocycles. The van der Waals surface area contributed by atoms with Crippen LogP contribution in [0.5, 0.6) is 0 Å². The van der Waals surface area contributed by atoms with Crippen LogP contribution in [0.2, 0.25) is 0 Å². The minimum Gasteiger partial charge on any atom is -0.465 e. The first-order valence-electron chi connectivity index (χ1n) is 8.25. The number of hydrogen-bond acceptors (Lipinski definition) is 8. The van der Waals surface area contributed by atoms with E-state index in [4.69, 9.17) is 11.5 Å². The molecule has 10 nitrogen and oxygen atoms in total. The van der Waals surface area contributed by atoms with Crippen molar-refractivity contribution < 1.29 is 14.5 Å². The number of aromatic nitrogens is 2. The normalized spacial score (nSPS) is 11.7. The fraction of sp³-hybridized carbons (Fsp3) is 0.353. The van der Waals surface area contributed by atoms with E-state index >= 15 is 0 Å². The molecule has 0 aliphatic rings. The molecule has 10 heteroatoms. The Bertz CT molecular complexity index is 878. The van der Waals surface area contributed by atoms with Gasteiger partial charge in [0.2, 0.25) is 12.5 Å². The van der Waals surface area contributed by atoms with Crippen LogP contribution in [0.3, 0.4) is 0 Å². The average Bonchev–Trinajstić information content (AvgIpc) is 2.60. The second-order valence-electron chi connectivity index (χ2n) is 6.00. The van der Waals surface area contributed by atoms with Gasteiger partial charge in [-0.15, -0.1) is 0 Å². The van der Waals surface area contributed by atoms with Crippen molar-refractivity contribution in [2.45, 2.75) is 25.3 Å². The summed E-state index contributed by atoms with van der Waals surface area (Å²) < 4.78 is 5.75. The fourth-order valence-corrected chi connectivity index (χ4v) is 2.84. The Hall–Kier alpha value is -3.43. The monoisotopic (exact) mass is 375 g/mol. The van der Waals surface area contributed by atoms with E-state index in [2.05, 4.69) is 9.72 Å². The number of ether oxygens (including phenoxy) is 1. The number of nitrogens with zero attached hydrogens (tertiary/aromatic N) is 3. The molecule has 27 heavy (non-hydrogen) atoms. The Balaban J connectivity index is 2.08. The van der Waals surface area contributed by atoms with E-state index in [0.717, 1.165) is 16.2 Å². The van der Waals surface area contributed by atoms with Crippen LogP contribution in [0.25, 0.3) is 0 Å². The second-order valence-corrected chi connectivity index (χ2v) is 6.00. The molecule has 0 aliphatic heterocycles. The molecule has 0 amide bonds. The largest absolute Gasteiger partial charge is 0.465 e. The molecule has 0 radical (unpaired) electrons. The number of aryl methyl sites for hydroxylation is 1. The number of nitrogen functional groups attached to an aromatic ring is 2. The van der Waals surface area contributed by atoms with Crippen LogP contribution in [0, 0.1) is 10.1 Å². The van der Waals surface area contributed by atoms with Gasteiger partial charge in [-0.1, -0.05) is 12.1 Å². The Morgan fingerprint density at radius 2 is 2.00 bits per heavy atom. The summed E-state index contributed by atoms with van der Waals surface area (Å²) in [7, 11) is 1.31. The number of anilines is 2. The molecule has 0 spiro atoms. The molecule has 4 N–H and O–H groups in total. The predicted octanol–water partition coefficient (Wildman–Crippen LogP) is 1.03. The van der Waals surface area contributed by atoms with Crippen molar-refractivity contribution in [2.75, 3.05) is 25.1 Å². The van der Waals surface area contributed by atoms with E-state index in [9.17, 15) is 19.7 Å². The molecule has 0 fully saturated rings. The summed E-state index contributed by atoms with van der Waals surface area (Å²) in [5.41, 5.74) is 12.1. The van der Waals surface area contributed by atoms with Crippen molar-refractivity contribution in [2.24, 2.45) is 0 Å². The molecule has 1 atom stereocenters. The fourth-order valence-electron chi connectivity index (χ4n) is 2.84. The van der Waals surface area contributed by atoms with E-state index < -0.39 is 29.0 Å². The van der Waals surface area contributed by atoms with Gasteiger partial charge in [0.15, 0.2) is 0 Å². The van der Waals surface area contributed by atoms with Gasteiger partial charge in [-0.3, -0.25) is 19.5 Å². The highest BCUT2D eigenvalue weighted by Gasteiger charge is 2.21. The van der Waals surface area contributed by atoms with Crippen LogP contribution >= 0.6 is 0 Å². The summed E-state index contributed by atoms with van der Waals surface area (Å²) >= 11 is 0. The quantitative estimate of drug-likeness (QED) is 0.393. The van der Waals surface area contributed by atoms with Crippen molar-refractivity contribution in [1.82, 2.24) is 9.55 Å². The smallest absolute Gasteiger partial charge is 0.337 e. The number of nitrogens with two attached hydrogens (primary N) is 2. The summed E-state index contributed by atoms with van der Waals surface area (Å²) in [6, 6.07) is 7.26. The van der Waals surface area contributed by atoms with Gasteiger partial charge in [0, 0.05) is 11.0 Å². The molecule has 144 valence electrons. The highest BCUT2D eigenvalue weighted by Crippen LogP contribution is 2.18. The lowest BCUT2D eigenvalue weighted by Gasteiger charge is -2.18. The Morgan fingerprint density at radius 1 is 1.33 bits per heavy atom. The predicted molar refractivity (Wildman–Crippen MR) is 98.9 cm³/mol. The molecule has 0 aliphatic carbocycles. The van der Waals surface area contributed by atoms with Crippen molar-refractivity contribution in [1.29, 1.82) is 0 Å². The molecular formula is C17H21N5O5. The van der Waals surface area contributed by atoms with Crippen molar-refractivity contribution in [3.8, 4) is 0 Å². The number of esters is 1. The Morgan fingerprint density at radius 3 is 2.56 bits per heavy atom. The number of carbonyl (C=O) groups is 1.